The number of amides is 1. The van der Waals surface area contributed by atoms with Crippen LogP contribution < -0.4 is 0 Å². The van der Waals surface area contributed by atoms with E-state index in [2.05, 4.69) is 0 Å². The van der Waals surface area contributed by atoms with Crippen LogP contribution in [0.5, 0.6) is 0 Å². The van der Waals surface area contributed by atoms with Gasteiger partial charge in [0.1, 0.15) is 0 Å². The lowest BCUT2D eigenvalue weighted by Crippen LogP contribution is -2.37. The van der Waals surface area contributed by atoms with Crippen molar-refractivity contribution in [1.82, 2.24) is 4.90 Å². The second-order valence-corrected chi connectivity index (χ2v) is 6.22. The van der Waals surface area contributed by atoms with E-state index in [1.165, 1.54) is 0 Å². The summed E-state index contributed by atoms with van der Waals surface area (Å²) in [6, 6.07) is -0.287. The van der Waals surface area contributed by atoms with Gasteiger partial charge in [-0.1, -0.05) is 0 Å². The maximum absolute atomic E-state index is 12.6. The molecule has 1 aromatic rings. The number of carbonyl (C=O) groups excluding carboxylic acids is 1. The lowest BCUT2D eigenvalue weighted by molar-refractivity contribution is -0.137. The van der Waals surface area contributed by atoms with Gasteiger partial charge in [0, 0.05) is 30.0 Å². The van der Waals surface area contributed by atoms with E-state index in [4.69, 9.17) is 9.84 Å². The molecule has 1 N–H and O–H groups in total. The third-order valence-corrected chi connectivity index (χ3v) is 4.91. The normalized spacial score (nSPS) is 22.2. The topological polar surface area (TPSA) is 66.8 Å². The van der Waals surface area contributed by atoms with E-state index in [0.29, 0.717) is 18.5 Å². The van der Waals surface area contributed by atoms with Crippen molar-refractivity contribution < 1.29 is 19.4 Å². The van der Waals surface area contributed by atoms with Crippen LogP contribution in [0.25, 0.3) is 0 Å². The quantitative estimate of drug-likeness (QED) is 0.924. The van der Waals surface area contributed by atoms with Crippen molar-refractivity contribution in [2.24, 2.45) is 0 Å². The monoisotopic (exact) mass is 297 g/mol. The summed E-state index contributed by atoms with van der Waals surface area (Å²) in [4.78, 5) is 26.3. The first-order valence-corrected chi connectivity index (χ1v) is 7.42. The number of rotatable bonds is 4. The number of nitrogens with zero attached hydrogens (tertiary/aromatic N) is 1. The minimum absolute atomic E-state index is 0.0340. The van der Waals surface area contributed by atoms with Crippen LogP contribution in [0.4, 0.5) is 0 Å². The third-order valence-electron chi connectivity index (χ3n) is 3.90. The fourth-order valence-corrected chi connectivity index (χ4v) is 3.43. The van der Waals surface area contributed by atoms with E-state index in [9.17, 15) is 9.59 Å². The molecule has 5 nitrogen and oxygen atoms in total. The summed E-state index contributed by atoms with van der Waals surface area (Å²) in [5.74, 6) is -0.972. The van der Waals surface area contributed by atoms with Crippen LogP contribution in [0.15, 0.2) is 5.38 Å². The van der Waals surface area contributed by atoms with Crippen molar-refractivity contribution in [2.45, 2.75) is 38.8 Å². The number of methoxy groups -OCH3 is 1. The first kappa shape index (κ1) is 15.0. The van der Waals surface area contributed by atoms with Crippen molar-refractivity contribution in [3.8, 4) is 0 Å². The molecule has 0 saturated carbocycles. The SMILES string of the molecule is CO[C@@H]1C[C@@H](CC(=O)O)N(C(=O)c2csc(C)c2C)C1. The highest BCUT2D eigenvalue weighted by molar-refractivity contribution is 7.10. The van der Waals surface area contributed by atoms with Crippen LogP contribution in [0.2, 0.25) is 0 Å². The van der Waals surface area contributed by atoms with E-state index in [-0.39, 0.29) is 24.5 Å². The average Bonchev–Trinajstić information content (AvgIpc) is 2.93. The molecule has 0 bridgehead atoms. The highest BCUT2D eigenvalue weighted by atomic mass is 32.1. The summed E-state index contributed by atoms with van der Waals surface area (Å²) in [7, 11) is 1.59. The molecular weight excluding hydrogens is 278 g/mol. The highest BCUT2D eigenvalue weighted by Crippen LogP contribution is 2.28. The predicted molar refractivity (Wildman–Crippen MR) is 76.3 cm³/mol. The number of hydrogen-bond acceptors (Lipinski definition) is 4. The van der Waals surface area contributed by atoms with Crippen molar-refractivity contribution in [3.63, 3.8) is 0 Å². The molecule has 0 radical (unpaired) electrons. The molecule has 2 heterocycles. The van der Waals surface area contributed by atoms with Crippen LogP contribution in [-0.4, -0.2) is 47.7 Å². The van der Waals surface area contributed by atoms with Crippen molar-refractivity contribution >= 4 is 23.2 Å². The molecule has 6 heteroatoms. The van der Waals surface area contributed by atoms with E-state index < -0.39 is 5.97 Å². The Morgan fingerprint density at radius 2 is 2.20 bits per heavy atom. The van der Waals surface area contributed by atoms with E-state index in [0.717, 1.165) is 10.4 Å². The summed E-state index contributed by atoms with van der Waals surface area (Å²) < 4.78 is 5.29. The third kappa shape index (κ3) is 2.86. The number of carbonyl (C=O) groups is 2. The van der Waals surface area contributed by atoms with Crippen molar-refractivity contribution in [2.75, 3.05) is 13.7 Å². The Morgan fingerprint density at radius 1 is 1.50 bits per heavy atom. The molecule has 20 heavy (non-hydrogen) atoms. The molecule has 0 spiro atoms. The Balaban J connectivity index is 2.22. The van der Waals surface area contributed by atoms with Gasteiger partial charge in [-0.25, -0.2) is 0 Å². The number of hydrogen-bond donors (Lipinski definition) is 1. The molecule has 1 aliphatic rings. The largest absolute Gasteiger partial charge is 0.481 e. The second-order valence-electron chi connectivity index (χ2n) is 5.13. The van der Waals surface area contributed by atoms with Crippen molar-refractivity contribution in [3.05, 3.63) is 21.4 Å². The van der Waals surface area contributed by atoms with Crippen molar-refractivity contribution in [1.29, 1.82) is 0 Å². The fourth-order valence-electron chi connectivity index (χ4n) is 2.57. The highest BCUT2D eigenvalue weighted by Gasteiger charge is 2.37. The van der Waals surface area contributed by atoms with Gasteiger partial charge in [0.2, 0.25) is 0 Å². The summed E-state index contributed by atoms with van der Waals surface area (Å²) >= 11 is 1.54. The zero-order valence-electron chi connectivity index (χ0n) is 11.9. The van der Waals surface area contributed by atoms with Gasteiger partial charge in [-0.15, -0.1) is 11.3 Å². The van der Waals surface area contributed by atoms with Gasteiger partial charge in [-0.3, -0.25) is 9.59 Å². The maximum Gasteiger partial charge on any atom is 0.305 e. The number of aliphatic carboxylic acids is 1. The van der Waals surface area contributed by atoms with Gasteiger partial charge < -0.3 is 14.7 Å². The van der Waals surface area contributed by atoms with Gasteiger partial charge >= 0.3 is 5.97 Å². The number of likely N-dealkylation sites (tertiary alicyclic amines) is 1. The zero-order chi connectivity index (χ0) is 14.9. The first-order chi connectivity index (χ1) is 9.43. The molecule has 0 unspecified atom stereocenters. The fraction of sp³-hybridized carbons (Fsp3) is 0.571. The maximum atomic E-state index is 12.6. The smallest absolute Gasteiger partial charge is 0.305 e. The molecule has 2 atom stereocenters. The zero-order valence-corrected chi connectivity index (χ0v) is 12.7. The van der Waals surface area contributed by atoms with E-state index in [1.54, 1.807) is 23.3 Å². The minimum Gasteiger partial charge on any atom is -0.481 e. The Labute approximate surface area is 122 Å². The Morgan fingerprint density at radius 3 is 2.70 bits per heavy atom. The summed E-state index contributed by atoms with van der Waals surface area (Å²) in [6.45, 7) is 4.37. The minimum atomic E-state index is -0.886. The lowest BCUT2D eigenvalue weighted by Gasteiger charge is -2.23. The molecule has 1 amide bonds. The average molecular weight is 297 g/mol. The van der Waals surface area contributed by atoms with Crippen LogP contribution in [-0.2, 0) is 9.53 Å². The van der Waals surface area contributed by atoms with E-state index in [1.807, 2.05) is 19.2 Å². The first-order valence-electron chi connectivity index (χ1n) is 6.54. The second kappa shape index (κ2) is 5.93. The summed E-state index contributed by atoms with van der Waals surface area (Å²) in [5.41, 5.74) is 1.66. The molecule has 0 aromatic carbocycles. The Kier molecular flexibility index (Phi) is 4.45. The van der Waals surface area contributed by atoms with Crippen LogP contribution in [0, 0.1) is 13.8 Å². The summed E-state index contributed by atoms with van der Waals surface area (Å²) in [6.07, 6.45) is 0.466. The van der Waals surface area contributed by atoms with Crippen LogP contribution >= 0.6 is 11.3 Å². The van der Waals surface area contributed by atoms with Gasteiger partial charge in [0.05, 0.1) is 18.1 Å². The van der Waals surface area contributed by atoms with Gasteiger partial charge in [0.25, 0.3) is 5.91 Å². The molecule has 0 aliphatic carbocycles. The molecule has 1 aromatic heterocycles. The molecular formula is C14H19NO4S. The summed E-state index contributed by atoms with van der Waals surface area (Å²) in [5, 5.41) is 10.8. The number of carboxylic acids is 1. The molecule has 110 valence electrons. The van der Waals surface area contributed by atoms with Gasteiger partial charge in [-0.2, -0.15) is 0 Å². The number of aryl methyl sites for hydroxylation is 1. The number of thiophene rings is 1. The Bertz CT molecular complexity index is 525. The molecule has 1 fully saturated rings. The van der Waals surface area contributed by atoms with Crippen LogP contribution in [0.1, 0.15) is 33.6 Å². The number of ether oxygens (including phenoxy) is 1. The van der Waals surface area contributed by atoms with Crippen LogP contribution in [0.3, 0.4) is 0 Å². The molecule has 2 rings (SSSR count). The standard InChI is InChI=1S/C14H19NO4S/c1-8-9(2)20-7-12(8)14(18)15-6-11(19-3)4-10(15)5-13(16)17/h7,10-11H,4-6H2,1-3H3,(H,16,17)/t10-,11+/m0/s1. The Hall–Kier alpha value is -1.40. The lowest BCUT2D eigenvalue weighted by atomic mass is 10.1. The van der Waals surface area contributed by atoms with Gasteiger partial charge in [-0.05, 0) is 25.8 Å². The molecule has 1 saturated heterocycles. The molecule has 1 aliphatic heterocycles. The predicted octanol–water partition coefficient (Wildman–Crippen LogP) is 2.07. The van der Waals surface area contributed by atoms with Gasteiger partial charge in [0.15, 0.2) is 0 Å². The number of carboxylic acid groups (broad SMARTS) is 1. The van der Waals surface area contributed by atoms with E-state index >= 15 is 0 Å².